The lowest BCUT2D eigenvalue weighted by Crippen LogP contribution is -2.32. The zero-order chi connectivity index (χ0) is 21.2. The average molecular weight is 454 g/mol. The largest absolute Gasteiger partial charge is 0.240 e. The summed E-state index contributed by atoms with van der Waals surface area (Å²) in [5.41, 5.74) is 1.64. The molecular weight excluding hydrogens is 433 g/mol. The van der Waals surface area contributed by atoms with E-state index in [0.29, 0.717) is 11.1 Å². The molecule has 0 saturated heterocycles. The van der Waals surface area contributed by atoms with E-state index in [-0.39, 0.29) is 15.6 Å². The number of hydrogen-bond donors (Lipinski definition) is 1. The zero-order valence-corrected chi connectivity index (χ0v) is 18.2. The highest BCUT2D eigenvalue weighted by Crippen LogP contribution is 2.31. The lowest BCUT2D eigenvalue weighted by atomic mass is 10.1. The number of sulfone groups is 1. The second-order valence-electron chi connectivity index (χ2n) is 6.64. The second kappa shape index (κ2) is 8.35. The molecule has 1 aromatic heterocycles. The van der Waals surface area contributed by atoms with Crippen LogP contribution in [0.2, 0.25) is 0 Å². The molecule has 1 heterocycles. The van der Waals surface area contributed by atoms with Crippen LogP contribution in [0.1, 0.15) is 21.9 Å². The number of hydrogen-bond acceptors (Lipinski definition) is 5. The standard InChI is InChI=1S/C20H20FNO4S3/c1-14-5-6-15(2)18(12-14)29(25,26)22-13-19(16-7-9-17(21)10-8-16)28(23,24)20-4-3-11-27-20/h3-12,19,22H,13H2,1-2H3. The van der Waals surface area contributed by atoms with Crippen molar-refractivity contribution in [3.63, 3.8) is 0 Å². The summed E-state index contributed by atoms with van der Waals surface area (Å²) in [7, 11) is -7.82. The van der Waals surface area contributed by atoms with Crippen molar-refractivity contribution in [2.24, 2.45) is 0 Å². The first kappa shape index (κ1) is 21.6. The van der Waals surface area contributed by atoms with Gasteiger partial charge >= 0.3 is 0 Å². The van der Waals surface area contributed by atoms with Crippen molar-refractivity contribution in [3.8, 4) is 0 Å². The van der Waals surface area contributed by atoms with Crippen LogP contribution in [0.15, 0.2) is 69.1 Å². The van der Waals surface area contributed by atoms with Crippen LogP contribution in [0, 0.1) is 19.7 Å². The third-order valence-electron chi connectivity index (χ3n) is 4.48. The Morgan fingerprint density at radius 2 is 1.69 bits per heavy atom. The van der Waals surface area contributed by atoms with Crippen molar-refractivity contribution in [1.82, 2.24) is 4.72 Å². The number of sulfonamides is 1. The summed E-state index contributed by atoms with van der Waals surface area (Å²) >= 11 is 1.05. The number of halogens is 1. The van der Waals surface area contributed by atoms with Crippen LogP contribution < -0.4 is 4.72 Å². The molecule has 29 heavy (non-hydrogen) atoms. The first-order valence-electron chi connectivity index (χ1n) is 8.71. The third-order valence-corrected chi connectivity index (χ3v) is 9.58. The maximum Gasteiger partial charge on any atom is 0.240 e. The Bertz CT molecular complexity index is 1200. The number of nitrogens with one attached hydrogen (secondary N) is 1. The van der Waals surface area contributed by atoms with E-state index in [4.69, 9.17) is 0 Å². The first-order valence-corrected chi connectivity index (χ1v) is 12.6. The molecule has 5 nitrogen and oxygen atoms in total. The molecule has 0 amide bonds. The van der Waals surface area contributed by atoms with E-state index in [9.17, 15) is 21.2 Å². The quantitative estimate of drug-likeness (QED) is 0.586. The maximum atomic E-state index is 13.3. The van der Waals surface area contributed by atoms with Gasteiger partial charge < -0.3 is 0 Å². The molecule has 9 heteroatoms. The molecule has 1 N–H and O–H groups in total. The van der Waals surface area contributed by atoms with Crippen LogP contribution in [0.3, 0.4) is 0 Å². The van der Waals surface area contributed by atoms with Crippen molar-refractivity contribution >= 4 is 31.2 Å². The smallest absolute Gasteiger partial charge is 0.222 e. The van der Waals surface area contributed by atoms with E-state index in [2.05, 4.69) is 4.72 Å². The van der Waals surface area contributed by atoms with Gasteiger partial charge in [-0.05, 0) is 60.2 Å². The van der Waals surface area contributed by atoms with Gasteiger partial charge in [0.2, 0.25) is 10.0 Å². The second-order valence-corrected chi connectivity index (χ2v) is 11.7. The molecule has 0 fully saturated rings. The Kier molecular flexibility index (Phi) is 6.23. The van der Waals surface area contributed by atoms with E-state index in [1.54, 1.807) is 43.5 Å². The molecule has 0 spiro atoms. The van der Waals surface area contributed by atoms with Crippen molar-refractivity contribution in [3.05, 3.63) is 82.5 Å². The van der Waals surface area contributed by atoms with Gasteiger partial charge in [-0.3, -0.25) is 0 Å². The fraction of sp³-hybridized carbons (Fsp3) is 0.200. The van der Waals surface area contributed by atoms with Gasteiger partial charge in [-0.15, -0.1) is 11.3 Å². The van der Waals surface area contributed by atoms with Crippen LogP contribution >= 0.6 is 11.3 Å². The summed E-state index contributed by atoms with van der Waals surface area (Å²) in [4.78, 5) is 0.101. The molecule has 0 radical (unpaired) electrons. The van der Waals surface area contributed by atoms with E-state index in [1.165, 1.54) is 18.2 Å². The van der Waals surface area contributed by atoms with Gasteiger partial charge in [0.05, 0.1) is 4.90 Å². The highest BCUT2D eigenvalue weighted by Gasteiger charge is 2.32. The van der Waals surface area contributed by atoms with Crippen LogP contribution in [-0.2, 0) is 19.9 Å². The van der Waals surface area contributed by atoms with Crippen LogP contribution in [0.25, 0.3) is 0 Å². The summed E-state index contributed by atoms with van der Waals surface area (Å²) in [5.74, 6) is -0.503. The van der Waals surface area contributed by atoms with E-state index in [1.807, 2.05) is 0 Å². The summed E-state index contributed by atoms with van der Waals surface area (Å²) < 4.78 is 67.9. The van der Waals surface area contributed by atoms with Gasteiger partial charge in [0.15, 0.2) is 9.84 Å². The molecule has 1 unspecified atom stereocenters. The molecule has 154 valence electrons. The van der Waals surface area contributed by atoms with Crippen molar-refractivity contribution in [2.75, 3.05) is 6.54 Å². The Hall–Kier alpha value is -2.07. The van der Waals surface area contributed by atoms with Gasteiger partial charge in [0.1, 0.15) is 15.3 Å². The van der Waals surface area contributed by atoms with Crippen molar-refractivity contribution < 1.29 is 21.2 Å². The van der Waals surface area contributed by atoms with E-state index in [0.717, 1.165) is 29.0 Å². The average Bonchev–Trinajstić information content (AvgIpc) is 3.20. The van der Waals surface area contributed by atoms with Crippen LogP contribution in [0.5, 0.6) is 0 Å². The van der Waals surface area contributed by atoms with E-state index < -0.39 is 30.9 Å². The monoisotopic (exact) mass is 453 g/mol. The molecule has 0 aliphatic rings. The lowest BCUT2D eigenvalue weighted by molar-refractivity contribution is 0.568. The fourth-order valence-electron chi connectivity index (χ4n) is 2.91. The number of benzene rings is 2. The number of aryl methyl sites for hydroxylation is 2. The highest BCUT2D eigenvalue weighted by atomic mass is 32.2. The Morgan fingerprint density at radius 1 is 1.00 bits per heavy atom. The molecule has 0 aliphatic carbocycles. The summed E-state index contributed by atoms with van der Waals surface area (Å²) in [5, 5.41) is 0.441. The molecule has 2 aromatic carbocycles. The van der Waals surface area contributed by atoms with Crippen molar-refractivity contribution in [1.29, 1.82) is 0 Å². The number of rotatable bonds is 7. The third kappa shape index (κ3) is 4.75. The summed E-state index contributed by atoms with van der Waals surface area (Å²) in [6, 6.07) is 13.2. The minimum Gasteiger partial charge on any atom is -0.222 e. The molecule has 0 bridgehead atoms. The molecule has 3 aromatic rings. The maximum absolute atomic E-state index is 13.3. The first-order chi connectivity index (χ1) is 13.6. The SMILES string of the molecule is Cc1ccc(C)c(S(=O)(=O)NCC(c2ccc(F)cc2)S(=O)(=O)c2cccs2)c1. The Labute approximate surface area is 174 Å². The van der Waals surface area contributed by atoms with Gasteiger partial charge in [0, 0.05) is 6.54 Å². The molecule has 1 atom stereocenters. The van der Waals surface area contributed by atoms with Gasteiger partial charge in [0.25, 0.3) is 0 Å². The molecule has 3 rings (SSSR count). The molecular formula is C20H20FNO4S3. The predicted molar refractivity (Wildman–Crippen MR) is 112 cm³/mol. The predicted octanol–water partition coefficient (Wildman–Crippen LogP) is 4.00. The lowest BCUT2D eigenvalue weighted by Gasteiger charge is -2.19. The highest BCUT2D eigenvalue weighted by molar-refractivity contribution is 7.93. The topological polar surface area (TPSA) is 80.3 Å². The van der Waals surface area contributed by atoms with Gasteiger partial charge in [-0.1, -0.05) is 30.3 Å². The normalized spacial score (nSPS) is 13.3. The Balaban J connectivity index is 1.98. The molecule has 0 aliphatic heterocycles. The zero-order valence-electron chi connectivity index (χ0n) is 15.8. The summed E-state index contributed by atoms with van der Waals surface area (Å²) in [6.07, 6.45) is 0. The fourth-order valence-corrected chi connectivity index (χ4v) is 7.26. The Morgan fingerprint density at radius 3 is 2.31 bits per heavy atom. The minimum atomic E-state index is -3.94. The summed E-state index contributed by atoms with van der Waals surface area (Å²) in [6.45, 7) is 3.08. The minimum absolute atomic E-state index is 0.101. The van der Waals surface area contributed by atoms with Gasteiger partial charge in [-0.2, -0.15) is 0 Å². The molecule has 0 saturated carbocycles. The number of thiophene rings is 1. The van der Waals surface area contributed by atoms with Gasteiger partial charge in [-0.25, -0.2) is 25.9 Å². The van der Waals surface area contributed by atoms with E-state index >= 15 is 0 Å². The van der Waals surface area contributed by atoms with Crippen LogP contribution in [0.4, 0.5) is 4.39 Å². The van der Waals surface area contributed by atoms with Crippen LogP contribution in [-0.4, -0.2) is 23.4 Å². The van der Waals surface area contributed by atoms with Crippen molar-refractivity contribution in [2.45, 2.75) is 28.2 Å².